The highest BCUT2D eigenvalue weighted by Gasteiger charge is 2.15. The Morgan fingerprint density at radius 2 is 1.54 bits per heavy atom. The van der Waals surface area contributed by atoms with Crippen LogP contribution in [0.5, 0.6) is 17.2 Å². The lowest BCUT2D eigenvalue weighted by atomic mass is 10.0. The van der Waals surface area contributed by atoms with Gasteiger partial charge in [-0.05, 0) is 30.2 Å². The average molecular weight is 329 g/mol. The van der Waals surface area contributed by atoms with Crippen LogP contribution in [0.15, 0.2) is 47.5 Å². The van der Waals surface area contributed by atoms with Crippen LogP contribution in [0.4, 0.5) is 0 Å². The smallest absolute Gasteiger partial charge is 0.203 e. The lowest BCUT2D eigenvalue weighted by Crippen LogP contribution is -2.12. The third kappa shape index (κ3) is 4.06. The largest absolute Gasteiger partial charge is 0.493 e. The first kappa shape index (κ1) is 17.8. The van der Waals surface area contributed by atoms with Crippen LogP contribution in [0.3, 0.4) is 0 Å². The molecule has 2 rings (SSSR count). The second kappa shape index (κ2) is 8.36. The lowest BCUT2D eigenvalue weighted by molar-refractivity contribution is 0.154. The third-order valence-electron chi connectivity index (χ3n) is 3.74. The van der Waals surface area contributed by atoms with Crippen molar-refractivity contribution in [2.45, 2.75) is 19.1 Å². The molecule has 0 saturated carbocycles. The van der Waals surface area contributed by atoms with Gasteiger partial charge in [0, 0.05) is 6.21 Å². The first-order valence-corrected chi connectivity index (χ1v) is 7.67. The molecular weight excluding hydrogens is 306 g/mol. The maximum Gasteiger partial charge on any atom is 0.203 e. The highest BCUT2D eigenvalue weighted by atomic mass is 16.5. The molecule has 2 unspecified atom stereocenters. The zero-order valence-electron chi connectivity index (χ0n) is 14.4. The Morgan fingerprint density at radius 1 is 0.958 bits per heavy atom. The number of rotatable bonds is 7. The van der Waals surface area contributed by atoms with Crippen LogP contribution in [-0.4, -0.2) is 38.7 Å². The average Bonchev–Trinajstić information content (AvgIpc) is 2.65. The van der Waals surface area contributed by atoms with E-state index >= 15 is 0 Å². The summed E-state index contributed by atoms with van der Waals surface area (Å²) in [5.74, 6) is 1.67. The molecule has 0 aliphatic rings. The first-order chi connectivity index (χ1) is 11.6. The van der Waals surface area contributed by atoms with Crippen LogP contribution in [0.2, 0.25) is 0 Å². The summed E-state index contributed by atoms with van der Waals surface area (Å²) in [5, 5.41) is 10.4. The molecule has 5 heteroatoms. The maximum absolute atomic E-state index is 10.4. The van der Waals surface area contributed by atoms with Gasteiger partial charge in [-0.3, -0.25) is 4.99 Å². The lowest BCUT2D eigenvalue weighted by Gasteiger charge is -2.16. The van der Waals surface area contributed by atoms with Gasteiger partial charge in [0.25, 0.3) is 0 Å². The Kier molecular flexibility index (Phi) is 6.21. The number of aliphatic imine (C=N–C) groups is 1. The molecule has 128 valence electrons. The van der Waals surface area contributed by atoms with Gasteiger partial charge in [0.05, 0.1) is 27.4 Å². The van der Waals surface area contributed by atoms with Crippen LogP contribution in [0.1, 0.15) is 24.2 Å². The summed E-state index contributed by atoms with van der Waals surface area (Å²) in [6.07, 6.45) is 1.03. The van der Waals surface area contributed by atoms with Crippen molar-refractivity contribution < 1.29 is 19.3 Å². The quantitative estimate of drug-likeness (QED) is 0.792. The molecule has 5 nitrogen and oxygen atoms in total. The van der Waals surface area contributed by atoms with E-state index in [1.165, 1.54) is 0 Å². The SMILES string of the molecule is COc1cc(C=NC(C)C(O)c2ccccc2)cc(OC)c1OC. The summed E-state index contributed by atoms with van der Waals surface area (Å²) in [7, 11) is 4.70. The van der Waals surface area contributed by atoms with E-state index in [4.69, 9.17) is 14.2 Å². The minimum atomic E-state index is -0.663. The second-order valence-corrected chi connectivity index (χ2v) is 5.33. The molecule has 24 heavy (non-hydrogen) atoms. The number of benzene rings is 2. The van der Waals surface area contributed by atoms with Crippen molar-refractivity contribution in [3.05, 3.63) is 53.6 Å². The maximum atomic E-state index is 10.4. The van der Waals surface area contributed by atoms with E-state index in [1.54, 1.807) is 27.5 Å². The van der Waals surface area contributed by atoms with Crippen molar-refractivity contribution in [3.63, 3.8) is 0 Å². The van der Waals surface area contributed by atoms with Crippen LogP contribution in [0, 0.1) is 0 Å². The minimum Gasteiger partial charge on any atom is -0.493 e. The highest BCUT2D eigenvalue weighted by Crippen LogP contribution is 2.37. The Balaban J connectivity index is 2.22. The standard InChI is InChI=1S/C19H23NO4/c1-13(18(21)15-8-6-5-7-9-15)20-12-14-10-16(22-2)19(24-4)17(11-14)23-3/h5-13,18,21H,1-4H3. The van der Waals surface area contributed by atoms with Gasteiger partial charge in [-0.15, -0.1) is 0 Å². The molecule has 2 aromatic rings. The molecule has 0 aliphatic heterocycles. The summed E-state index contributed by atoms with van der Waals surface area (Å²) in [5.41, 5.74) is 1.64. The van der Waals surface area contributed by atoms with E-state index in [1.807, 2.05) is 49.4 Å². The predicted molar refractivity (Wildman–Crippen MR) is 94.6 cm³/mol. The molecule has 2 atom stereocenters. The van der Waals surface area contributed by atoms with Crippen molar-refractivity contribution in [1.29, 1.82) is 0 Å². The van der Waals surface area contributed by atoms with Crippen molar-refractivity contribution in [2.24, 2.45) is 4.99 Å². The molecule has 0 aliphatic carbocycles. The highest BCUT2D eigenvalue weighted by molar-refractivity contribution is 5.82. The van der Waals surface area contributed by atoms with E-state index in [0.717, 1.165) is 11.1 Å². The monoisotopic (exact) mass is 329 g/mol. The molecule has 0 amide bonds. The molecule has 0 bridgehead atoms. The second-order valence-electron chi connectivity index (χ2n) is 5.33. The molecule has 0 fully saturated rings. The Bertz CT molecular complexity index is 660. The molecule has 0 radical (unpaired) electrons. The molecule has 2 aromatic carbocycles. The van der Waals surface area contributed by atoms with Crippen LogP contribution in [-0.2, 0) is 0 Å². The van der Waals surface area contributed by atoms with Crippen LogP contribution in [0.25, 0.3) is 0 Å². The summed E-state index contributed by atoms with van der Waals surface area (Å²) < 4.78 is 16.0. The molecule has 1 N–H and O–H groups in total. The number of aliphatic hydroxyl groups excluding tert-OH is 1. The molecule has 0 saturated heterocycles. The molecule has 0 spiro atoms. The third-order valence-corrected chi connectivity index (χ3v) is 3.74. The number of nitrogens with zero attached hydrogens (tertiary/aromatic N) is 1. The van der Waals surface area contributed by atoms with Gasteiger partial charge in [-0.2, -0.15) is 0 Å². The minimum absolute atomic E-state index is 0.286. The molecule has 0 aromatic heterocycles. The van der Waals surface area contributed by atoms with Gasteiger partial charge in [0.1, 0.15) is 6.10 Å². The van der Waals surface area contributed by atoms with Crippen LogP contribution >= 0.6 is 0 Å². The normalized spacial score (nSPS) is 13.5. The molecular formula is C19H23NO4. The Morgan fingerprint density at radius 3 is 2.04 bits per heavy atom. The first-order valence-electron chi connectivity index (χ1n) is 7.67. The van der Waals surface area contributed by atoms with Gasteiger partial charge in [0.15, 0.2) is 11.5 Å². The van der Waals surface area contributed by atoms with Gasteiger partial charge >= 0.3 is 0 Å². The fourth-order valence-corrected chi connectivity index (χ4v) is 2.39. The van der Waals surface area contributed by atoms with Crippen molar-refractivity contribution in [1.82, 2.24) is 0 Å². The topological polar surface area (TPSA) is 60.3 Å². The van der Waals surface area contributed by atoms with E-state index in [2.05, 4.69) is 4.99 Å². The number of hydrogen-bond acceptors (Lipinski definition) is 5. The number of ether oxygens (including phenoxy) is 3. The van der Waals surface area contributed by atoms with Gasteiger partial charge in [-0.1, -0.05) is 30.3 Å². The fraction of sp³-hybridized carbons (Fsp3) is 0.316. The zero-order valence-corrected chi connectivity index (χ0v) is 14.4. The number of hydrogen-bond donors (Lipinski definition) is 1. The Labute approximate surface area is 142 Å². The summed E-state index contributed by atoms with van der Waals surface area (Å²) in [6, 6.07) is 12.8. The van der Waals surface area contributed by atoms with Crippen LogP contribution < -0.4 is 14.2 Å². The van der Waals surface area contributed by atoms with Crippen molar-refractivity contribution in [3.8, 4) is 17.2 Å². The summed E-state index contributed by atoms with van der Waals surface area (Å²) >= 11 is 0. The van der Waals surface area contributed by atoms with Gasteiger partial charge in [0.2, 0.25) is 5.75 Å². The summed E-state index contributed by atoms with van der Waals surface area (Å²) in [4.78, 5) is 4.45. The van der Waals surface area contributed by atoms with E-state index in [9.17, 15) is 5.11 Å². The van der Waals surface area contributed by atoms with Crippen molar-refractivity contribution in [2.75, 3.05) is 21.3 Å². The zero-order chi connectivity index (χ0) is 17.5. The molecule has 0 heterocycles. The number of methoxy groups -OCH3 is 3. The fourth-order valence-electron chi connectivity index (χ4n) is 2.39. The Hall–Kier alpha value is -2.53. The van der Waals surface area contributed by atoms with E-state index in [-0.39, 0.29) is 6.04 Å². The van der Waals surface area contributed by atoms with Gasteiger partial charge < -0.3 is 19.3 Å². The van der Waals surface area contributed by atoms with E-state index in [0.29, 0.717) is 17.2 Å². The number of aliphatic hydroxyl groups is 1. The van der Waals surface area contributed by atoms with Crippen molar-refractivity contribution >= 4 is 6.21 Å². The summed E-state index contributed by atoms with van der Waals surface area (Å²) in [6.45, 7) is 1.87. The predicted octanol–water partition coefficient (Wildman–Crippen LogP) is 3.25. The van der Waals surface area contributed by atoms with Gasteiger partial charge in [-0.25, -0.2) is 0 Å². The van der Waals surface area contributed by atoms with E-state index < -0.39 is 6.10 Å².